The van der Waals surface area contributed by atoms with E-state index in [1.807, 2.05) is 24.6 Å². The molecule has 1 rings (SSSR count). The van der Waals surface area contributed by atoms with Crippen LogP contribution < -0.4 is 5.32 Å². The molecule has 0 fully saturated rings. The van der Waals surface area contributed by atoms with E-state index in [-0.39, 0.29) is 24.4 Å². The van der Waals surface area contributed by atoms with Crippen molar-refractivity contribution < 1.29 is 9.59 Å². The van der Waals surface area contributed by atoms with Crippen molar-refractivity contribution in [1.82, 2.24) is 20.0 Å². The van der Waals surface area contributed by atoms with Gasteiger partial charge in [-0.3, -0.25) is 14.3 Å². The van der Waals surface area contributed by atoms with Crippen LogP contribution in [0.25, 0.3) is 0 Å². The van der Waals surface area contributed by atoms with Crippen molar-refractivity contribution in [2.24, 2.45) is 0 Å². The molecule has 0 radical (unpaired) electrons. The van der Waals surface area contributed by atoms with Crippen molar-refractivity contribution in [2.45, 2.75) is 26.4 Å². The molecule has 2 amide bonds. The molecule has 1 aromatic heterocycles. The van der Waals surface area contributed by atoms with Crippen LogP contribution in [0.4, 0.5) is 0 Å². The zero-order chi connectivity index (χ0) is 14.4. The van der Waals surface area contributed by atoms with Gasteiger partial charge in [0.05, 0.1) is 18.3 Å². The van der Waals surface area contributed by atoms with Crippen molar-refractivity contribution in [3.05, 3.63) is 30.6 Å². The first-order chi connectivity index (χ1) is 8.99. The van der Waals surface area contributed by atoms with E-state index in [1.54, 1.807) is 13.2 Å². The second-order valence-electron chi connectivity index (χ2n) is 4.26. The predicted molar refractivity (Wildman–Crippen MR) is 72.3 cm³/mol. The Kier molecular flexibility index (Phi) is 5.29. The molecule has 1 atom stereocenters. The second-order valence-corrected chi connectivity index (χ2v) is 4.26. The van der Waals surface area contributed by atoms with Crippen LogP contribution in [0.5, 0.6) is 0 Å². The quantitative estimate of drug-likeness (QED) is 0.770. The molecule has 6 nitrogen and oxygen atoms in total. The first kappa shape index (κ1) is 14.9. The van der Waals surface area contributed by atoms with Crippen LogP contribution in [0.2, 0.25) is 0 Å². The summed E-state index contributed by atoms with van der Waals surface area (Å²) in [5.74, 6) is -0.490. The number of hydrogen-bond acceptors (Lipinski definition) is 3. The summed E-state index contributed by atoms with van der Waals surface area (Å²) in [7, 11) is 1.56. The highest BCUT2D eigenvalue weighted by Crippen LogP contribution is 2.11. The Balaban J connectivity index is 2.57. The summed E-state index contributed by atoms with van der Waals surface area (Å²) < 4.78 is 1.82. The van der Waals surface area contributed by atoms with Crippen LogP contribution in [0.3, 0.4) is 0 Å². The van der Waals surface area contributed by atoms with Crippen LogP contribution in [-0.4, -0.2) is 40.1 Å². The molecule has 0 aliphatic carbocycles. The molecule has 0 aromatic carbocycles. The lowest BCUT2D eigenvalue weighted by Gasteiger charge is -2.18. The van der Waals surface area contributed by atoms with Gasteiger partial charge in [0.15, 0.2) is 0 Å². The van der Waals surface area contributed by atoms with Crippen LogP contribution >= 0.6 is 0 Å². The van der Waals surface area contributed by atoms with Crippen LogP contribution in [0.1, 0.15) is 25.6 Å². The van der Waals surface area contributed by atoms with E-state index >= 15 is 0 Å². The number of likely N-dealkylation sites (N-methyl/N-ethyl adjacent to an activating group) is 1. The van der Waals surface area contributed by atoms with Crippen molar-refractivity contribution in [2.75, 3.05) is 13.6 Å². The summed E-state index contributed by atoms with van der Waals surface area (Å²) in [5, 5.41) is 6.99. The number of amides is 2. The van der Waals surface area contributed by atoms with Gasteiger partial charge in [-0.2, -0.15) is 5.10 Å². The minimum Gasteiger partial charge on any atom is -0.346 e. The summed E-state index contributed by atoms with van der Waals surface area (Å²) in [6, 6.07) is 1.72. The molecule has 104 valence electrons. The lowest BCUT2D eigenvalue weighted by molar-refractivity contribution is -0.131. The van der Waals surface area contributed by atoms with Crippen LogP contribution in [-0.2, 0) is 16.1 Å². The SMILES string of the molecule is C=CC(=O)N(C)CC(=O)NC(C)c1ccnn1CC. The first-order valence-electron chi connectivity index (χ1n) is 6.18. The normalized spacial score (nSPS) is 11.7. The molecule has 0 aliphatic heterocycles. The average molecular weight is 264 g/mol. The van der Waals surface area contributed by atoms with E-state index in [9.17, 15) is 9.59 Å². The Morgan fingerprint density at radius 2 is 2.32 bits per heavy atom. The van der Waals surface area contributed by atoms with E-state index < -0.39 is 0 Å². The summed E-state index contributed by atoms with van der Waals surface area (Å²) >= 11 is 0. The smallest absolute Gasteiger partial charge is 0.246 e. The maximum absolute atomic E-state index is 11.8. The predicted octanol–water partition coefficient (Wildman–Crippen LogP) is 0.725. The van der Waals surface area contributed by atoms with Gasteiger partial charge in [0, 0.05) is 19.8 Å². The van der Waals surface area contributed by atoms with Gasteiger partial charge in [-0.1, -0.05) is 6.58 Å². The van der Waals surface area contributed by atoms with E-state index in [1.165, 1.54) is 11.0 Å². The van der Waals surface area contributed by atoms with Crippen molar-refractivity contribution in [3.8, 4) is 0 Å². The van der Waals surface area contributed by atoms with Crippen molar-refractivity contribution in [1.29, 1.82) is 0 Å². The molecule has 6 heteroatoms. The van der Waals surface area contributed by atoms with Gasteiger partial charge in [-0.05, 0) is 26.0 Å². The lowest BCUT2D eigenvalue weighted by atomic mass is 10.2. The Bertz CT molecular complexity index is 467. The van der Waals surface area contributed by atoms with Gasteiger partial charge >= 0.3 is 0 Å². The molecule has 0 saturated heterocycles. The molecule has 0 spiro atoms. The lowest BCUT2D eigenvalue weighted by Crippen LogP contribution is -2.39. The maximum atomic E-state index is 11.8. The molecule has 0 bridgehead atoms. The van der Waals surface area contributed by atoms with E-state index in [0.717, 1.165) is 12.2 Å². The first-order valence-corrected chi connectivity index (χ1v) is 6.18. The largest absolute Gasteiger partial charge is 0.346 e. The summed E-state index contributed by atoms with van der Waals surface area (Å²) in [6.45, 7) is 8.01. The topological polar surface area (TPSA) is 67.2 Å². The summed E-state index contributed by atoms with van der Waals surface area (Å²) in [4.78, 5) is 24.4. The van der Waals surface area contributed by atoms with Gasteiger partial charge in [0.25, 0.3) is 0 Å². The highest BCUT2D eigenvalue weighted by molar-refractivity contribution is 5.90. The van der Waals surface area contributed by atoms with Gasteiger partial charge in [0.2, 0.25) is 11.8 Å². The van der Waals surface area contributed by atoms with E-state index in [2.05, 4.69) is 17.0 Å². The maximum Gasteiger partial charge on any atom is 0.246 e. The number of hydrogen-bond donors (Lipinski definition) is 1. The number of nitrogens with zero attached hydrogens (tertiary/aromatic N) is 3. The third-order valence-corrected chi connectivity index (χ3v) is 2.80. The second kappa shape index (κ2) is 6.72. The Morgan fingerprint density at radius 3 is 2.89 bits per heavy atom. The van der Waals surface area contributed by atoms with Gasteiger partial charge in [-0.15, -0.1) is 0 Å². The summed E-state index contributed by atoms with van der Waals surface area (Å²) in [6.07, 6.45) is 2.89. The molecule has 1 unspecified atom stereocenters. The molecule has 1 heterocycles. The fraction of sp³-hybridized carbons (Fsp3) is 0.462. The fourth-order valence-corrected chi connectivity index (χ4v) is 1.79. The van der Waals surface area contributed by atoms with Gasteiger partial charge in [-0.25, -0.2) is 0 Å². The zero-order valence-corrected chi connectivity index (χ0v) is 11.6. The van der Waals surface area contributed by atoms with Gasteiger partial charge < -0.3 is 10.2 Å². The third kappa shape index (κ3) is 3.94. The minimum absolute atomic E-state index is 0.00938. The number of carbonyl (C=O) groups is 2. The number of carbonyl (C=O) groups excluding carboxylic acids is 2. The number of aryl methyl sites for hydroxylation is 1. The average Bonchev–Trinajstić information content (AvgIpc) is 2.85. The van der Waals surface area contributed by atoms with Crippen LogP contribution in [0.15, 0.2) is 24.9 Å². The van der Waals surface area contributed by atoms with E-state index in [0.29, 0.717) is 0 Å². The summed E-state index contributed by atoms with van der Waals surface area (Å²) in [5.41, 5.74) is 0.938. The Labute approximate surface area is 113 Å². The number of aromatic nitrogens is 2. The van der Waals surface area contributed by atoms with Crippen molar-refractivity contribution in [3.63, 3.8) is 0 Å². The highest BCUT2D eigenvalue weighted by atomic mass is 16.2. The standard InChI is InChI=1S/C13H20N4O2/c1-5-13(19)16(4)9-12(18)15-10(3)11-7-8-14-17(11)6-2/h5,7-8,10H,1,6,9H2,2-4H3,(H,15,18). The molecule has 0 saturated carbocycles. The molecular weight excluding hydrogens is 244 g/mol. The molecule has 19 heavy (non-hydrogen) atoms. The Hall–Kier alpha value is -2.11. The number of rotatable bonds is 6. The molecule has 0 aliphatic rings. The molecular formula is C13H20N4O2. The third-order valence-electron chi connectivity index (χ3n) is 2.80. The Morgan fingerprint density at radius 1 is 1.63 bits per heavy atom. The fourth-order valence-electron chi connectivity index (χ4n) is 1.79. The van der Waals surface area contributed by atoms with E-state index in [4.69, 9.17) is 0 Å². The van der Waals surface area contributed by atoms with Gasteiger partial charge in [0.1, 0.15) is 0 Å². The van der Waals surface area contributed by atoms with Crippen LogP contribution in [0, 0.1) is 0 Å². The molecule has 1 N–H and O–H groups in total. The zero-order valence-electron chi connectivity index (χ0n) is 11.6. The minimum atomic E-state index is -0.276. The highest BCUT2D eigenvalue weighted by Gasteiger charge is 2.15. The monoisotopic (exact) mass is 264 g/mol. The number of nitrogens with one attached hydrogen (secondary N) is 1. The van der Waals surface area contributed by atoms with Crippen molar-refractivity contribution >= 4 is 11.8 Å². The molecule has 1 aromatic rings.